The van der Waals surface area contributed by atoms with E-state index in [1.165, 1.54) is 36.8 Å². The third-order valence-corrected chi connectivity index (χ3v) is 7.07. The molecule has 162 valence electrons. The molecule has 1 aromatic heterocycles. The number of imidazole rings is 1. The van der Waals surface area contributed by atoms with E-state index in [2.05, 4.69) is 70.1 Å². The summed E-state index contributed by atoms with van der Waals surface area (Å²) in [4.78, 5) is 17.0. The number of aromatic nitrogens is 2. The first-order valence-electron chi connectivity index (χ1n) is 11.5. The van der Waals surface area contributed by atoms with Crippen molar-refractivity contribution >= 4 is 28.5 Å². The molecule has 1 saturated carbocycles. The molecule has 3 aromatic rings. The number of nitrogens with zero attached hydrogens (tertiary/aromatic N) is 5. The van der Waals surface area contributed by atoms with Gasteiger partial charge in [-0.3, -0.25) is 9.89 Å². The second kappa shape index (κ2) is 8.21. The van der Waals surface area contributed by atoms with E-state index in [9.17, 15) is 0 Å². The Morgan fingerprint density at radius 2 is 1.59 bits per heavy atom. The third-order valence-electron chi connectivity index (χ3n) is 6.78. The number of rotatable bonds is 5. The minimum Gasteiger partial charge on any atom is -0.319 e. The van der Waals surface area contributed by atoms with Crippen molar-refractivity contribution in [3.05, 3.63) is 83.3 Å². The largest absolute Gasteiger partial charge is 0.319 e. The van der Waals surface area contributed by atoms with Gasteiger partial charge >= 0.3 is 0 Å². The molecule has 1 atom stereocenters. The van der Waals surface area contributed by atoms with Crippen LogP contribution in [0.25, 0.3) is 0 Å². The Balaban J connectivity index is 1.43. The number of fused-ring (bicyclic) bond motifs is 3. The number of hydrogen-bond donors (Lipinski definition) is 0. The molecule has 3 aliphatic rings. The highest BCUT2D eigenvalue weighted by atomic mass is 35.5. The predicted octanol–water partition coefficient (Wildman–Crippen LogP) is 5.50. The van der Waals surface area contributed by atoms with Gasteiger partial charge in [0.1, 0.15) is 11.5 Å². The first-order chi connectivity index (χ1) is 15.8. The summed E-state index contributed by atoms with van der Waals surface area (Å²) in [6.45, 7) is 1.53. The molecular formula is C26H26ClN5. The molecule has 0 bridgehead atoms. The van der Waals surface area contributed by atoms with Gasteiger partial charge in [-0.25, -0.2) is 4.98 Å². The van der Waals surface area contributed by atoms with E-state index in [1.807, 2.05) is 0 Å². The molecule has 0 N–H and O–H groups in total. The Bertz CT molecular complexity index is 1180. The zero-order chi connectivity index (χ0) is 21.5. The van der Waals surface area contributed by atoms with Gasteiger partial charge in [0.2, 0.25) is 5.29 Å². The van der Waals surface area contributed by atoms with Crippen LogP contribution in [0.1, 0.15) is 54.2 Å². The van der Waals surface area contributed by atoms with Crippen LogP contribution < -0.4 is 0 Å². The van der Waals surface area contributed by atoms with E-state index in [0.29, 0.717) is 11.2 Å². The average Bonchev–Trinajstić information content (AvgIpc) is 3.54. The van der Waals surface area contributed by atoms with Gasteiger partial charge in [-0.2, -0.15) is 4.99 Å². The fraction of sp³-hybridized carbons (Fsp3) is 0.346. The van der Waals surface area contributed by atoms with Gasteiger partial charge in [-0.05, 0) is 42.0 Å². The fourth-order valence-electron chi connectivity index (χ4n) is 5.25. The number of aliphatic imine (C=N–C) groups is 2. The second-order valence-corrected chi connectivity index (χ2v) is 9.32. The molecule has 6 heteroatoms. The maximum Gasteiger partial charge on any atom is 0.206 e. The number of amidine groups is 2. The Hall–Kier alpha value is -2.92. The van der Waals surface area contributed by atoms with Gasteiger partial charge in [0, 0.05) is 19.0 Å². The molecule has 32 heavy (non-hydrogen) atoms. The zero-order valence-corrected chi connectivity index (χ0v) is 18.7. The van der Waals surface area contributed by atoms with Crippen LogP contribution >= 0.6 is 11.6 Å². The van der Waals surface area contributed by atoms with E-state index < -0.39 is 0 Å². The molecule has 3 heterocycles. The fourth-order valence-corrected chi connectivity index (χ4v) is 5.48. The lowest BCUT2D eigenvalue weighted by molar-refractivity contribution is 0.569. The quantitative estimate of drug-likeness (QED) is 0.488. The van der Waals surface area contributed by atoms with Crippen LogP contribution in [0.2, 0.25) is 0 Å². The Morgan fingerprint density at radius 1 is 0.906 bits per heavy atom. The number of halogens is 1. The molecule has 5 nitrogen and oxygen atoms in total. The van der Waals surface area contributed by atoms with E-state index in [4.69, 9.17) is 26.6 Å². The minimum absolute atomic E-state index is 0.150. The standard InChI is InChI=1S/C26H26ClN5/c27-26-30-23-22(25-28-21(17-32(25)26)15-18-9-3-1-4-10-18)31(16-19-11-5-2-6-12-19)24(29-23)20-13-7-8-14-20/h1-6,9-12,20-21H,7-8,13-17H2/t21-/m1/s1. The first kappa shape index (κ1) is 19.7. The van der Waals surface area contributed by atoms with Gasteiger partial charge in [0.05, 0.1) is 6.04 Å². The lowest BCUT2D eigenvalue weighted by Gasteiger charge is -2.24. The van der Waals surface area contributed by atoms with Crippen molar-refractivity contribution in [2.75, 3.05) is 6.54 Å². The van der Waals surface area contributed by atoms with Gasteiger partial charge in [-0.15, -0.1) is 0 Å². The summed E-state index contributed by atoms with van der Waals surface area (Å²) in [5.74, 6) is 3.27. The molecular weight excluding hydrogens is 418 g/mol. The van der Waals surface area contributed by atoms with E-state index >= 15 is 0 Å². The highest BCUT2D eigenvalue weighted by Gasteiger charge is 2.38. The predicted molar refractivity (Wildman–Crippen MR) is 129 cm³/mol. The summed E-state index contributed by atoms with van der Waals surface area (Å²) >= 11 is 6.64. The van der Waals surface area contributed by atoms with Crippen molar-refractivity contribution in [3.8, 4) is 0 Å². The molecule has 1 fully saturated rings. The normalized spacial score (nSPS) is 20.2. The van der Waals surface area contributed by atoms with Crippen LogP contribution in [-0.4, -0.2) is 38.2 Å². The van der Waals surface area contributed by atoms with Crippen molar-refractivity contribution in [3.63, 3.8) is 0 Å². The van der Waals surface area contributed by atoms with Crippen LogP contribution in [0.4, 0.5) is 5.82 Å². The summed E-state index contributed by atoms with van der Waals surface area (Å²) in [6, 6.07) is 21.3. The van der Waals surface area contributed by atoms with Crippen molar-refractivity contribution in [1.29, 1.82) is 0 Å². The molecule has 1 aliphatic carbocycles. The summed E-state index contributed by atoms with van der Waals surface area (Å²) in [6.07, 6.45) is 5.81. The van der Waals surface area contributed by atoms with Crippen LogP contribution in [0, 0.1) is 0 Å². The Labute approximate surface area is 193 Å². The molecule has 0 amide bonds. The highest BCUT2D eigenvalue weighted by molar-refractivity contribution is 6.66. The van der Waals surface area contributed by atoms with Gasteiger partial charge in [0.25, 0.3) is 0 Å². The first-order valence-corrected chi connectivity index (χ1v) is 11.9. The van der Waals surface area contributed by atoms with Crippen LogP contribution in [0.3, 0.4) is 0 Å². The molecule has 2 aromatic carbocycles. The van der Waals surface area contributed by atoms with E-state index in [1.54, 1.807) is 0 Å². The number of benzene rings is 2. The highest BCUT2D eigenvalue weighted by Crippen LogP contribution is 2.39. The lowest BCUT2D eigenvalue weighted by atomic mass is 10.1. The number of hydrogen-bond acceptors (Lipinski definition) is 4. The smallest absolute Gasteiger partial charge is 0.206 e. The summed E-state index contributed by atoms with van der Waals surface area (Å²) in [7, 11) is 0. The maximum atomic E-state index is 6.64. The lowest BCUT2D eigenvalue weighted by Crippen LogP contribution is -2.36. The second-order valence-electron chi connectivity index (χ2n) is 8.98. The average molecular weight is 444 g/mol. The molecule has 0 spiro atoms. The summed E-state index contributed by atoms with van der Waals surface area (Å²) in [5, 5.41) is 0.481. The minimum atomic E-state index is 0.150. The van der Waals surface area contributed by atoms with Gasteiger partial charge < -0.3 is 4.57 Å². The van der Waals surface area contributed by atoms with Crippen LogP contribution in [-0.2, 0) is 13.0 Å². The molecule has 0 unspecified atom stereocenters. The SMILES string of the molecule is ClC1=Nc2nc(C3CCCC3)n(Cc3ccccc3)c2C2=N[C@H](Cc3ccccc3)CN12. The topological polar surface area (TPSA) is 45.8 Å². The molecule has 0 saturated heterocycles. The van der Waals surface area contributed by atoms with Gasteiger partial charge in [-0.1, -0.05) is 73.5 Å². The monoisotopic (exact) mass is 443 g/mol. The van der Waals surface area contributed by atoms with Crippen molar-refractivity contribution < 1.29 is 0 Å². The molecule has 6 rings (SSSR count). The van der Waals surface area contributed by atoms with Gasteiger partial charge in [0.15, 0.2) is 11.7 Å². The summed E-state index contributed by atoms with van der Waals surface area (Å²) in [5.41, 5.74) is 3.58. The van der Waals surface area contributed by atoms with E-state index in [-0.39, 0.29) is 6.04 Å². The molecule has 0 radical (unpaired) electrons. The Kier molecular flexibility index (Phi) is 5.07. The summed E-state index contributed by atoms with van der Waals surface area (Å²) < 4.78 is 2.37. The Morgan fingerprint density at radius 3 is 2.31 bits per heavy atom. The third kappa shape index (κ3) is 3.55. The van der Waals surface area contributed by atoms with E-state index in [0.717, 1.165) is 42.7 Å². The zero-order valence-electron chi connectivity index (χ0n) is 18.0. The van der Waals surface area contributed by atoms with Crippen LogP contribution in [0.5, 0.6) is 0 Å². The van der Waals surface area contributed by atoms with Crippen LogP contribution in [0.15, 0.2) is 70.6 Å². The van der Waals surface area contributed by atoms with Crippen molar-refractivity contribution in [1.82, 2.24) is 14.5 Å². The maximum absolute atomic E-state index is 6.64. The molecule has 2 aliphatic heterocycles. The van der Waals surface area contributed by atoms with Crippen molar-refractivity contribution in [2.45, 2.75) is 50.6 Å². The van der Waals surface area contributed by atoms with Crippen molar-refractivity contribution in [2.24, 2.45) is 9.98 Å².